The molecule has 1 aliphatic heterocycles. The summed E-state index contributed by atoms with van der Waals surface area (Å²) in [5.74, 6) is 0.345. The summed E-state index contributed by atoms with van der Waals surface area (Å²) in [5, 5.41) is 3.28. The molecule has 0 aromatic heterocycles. The number of benzene rings is 2. The van der Waals surface area contributed by atoms with Crippen LogP contribution in [-0.2, 0) is 9.59 Å². The average molecular weight is 352 g/mol. The number of amides is 2. The Balaban J connectivity index is 1.68. The van der Waals surface area contributed by atoms with Crippen LogP contribution < -0.4 is 15.0 Å². The zero-order valence-electron chi connectivity index (χ0n) is 15.1. The molecule has 1 aliphatic rings. The third kappa shape index (κ3) is 3.94. The number of carbonyl (C=O) groups excluding carboxylic acids is 2. The Hall–Kier alpha value is -2.66. The third-order valence-corrected chi connectivity index (χ3v) is 4.47. The molecule has 0 radical (unpaired) electrons. The predicted octanol–water partition coefficient (Wildman–Crippen LogP) is 3.46. The van der Waals surface area contributed by atoms with Gasteiger partial charge >= 0.3 is 0 Å². The first-order chi connectivity index (χ1) is 12.6. The van der Waals surface area contributed by atoms with E-state index in [2.05, 4.69) is 5.32 Å². The fraction of sp³-hybridized carbons (Fsp3) is 0.333. The molecule has 5 nitrogen and oxygen atoms in total. The SMILES string of the molecule is CCCOc1ccc(N2C(=O)C[C@@H](N[C@@H](C)c3ccccc3)C2=O)cc1. The lowest BCUT2D eigenvalue weighted by atomic mass is 10.1. The molecule has 0 bridgehead atoms. The molecule has 0 aliphatic carbocycles. The van der Waals surface area contributed by atoms with E-state index >= 15 is 0 Å². The van der Waals surface area contributed by atoms with Crippen molar-refractivity contribution in [3.8, 4) is 5.75 Å². The van der Waals surface area contributed by atoms with Crippen molar-refractivity contribution in [2.75, 3.05) is 11.5 Å². The predicted molar refractivity (Wildman–Crippen MR) is 101 cm³/mol. The fourth-order valence-electron chi connectivity index (χ4n) is 3.08. The summed E-state index contributed by atoms with van der Waals surface area (Å²) >= 11 is 0. The molecule has 1 fully saturated rings. The van der Waals surface area contributed by atoms with Crippen molar-refractivity contribution in [3.63, 3.8) is 0 Å². The van der Waals surface area contributed by atoms with E-state index in [0.717, 1.165) is 17.7 Å². The standard InChI is InChI=1S/C21H24N2O3/c1-3-13-26-18-11-9-17(10-12-18)23-20(24)14-19(21(23)25)22-15(2)16-7-5-4-6-8-16/h4-12,15,19,22H,3,13-14H2,1-2H3/t15-,19+/m0/s1. The number of carbonyl (C=O) groups is 2. The molecule has 0 saturated carbocycles. The van der Waals surface area contributed by atoms with E-state index in [9.17, 15) is 9.59 Å². The van der Waals surface area contributed by atoms with Crippen molar-refractivity contribution in [2.45, 2.75) is 38.8 Å². The first kappa shape index (κ1) is 18.1. The first-order valence-corrected chi connectivity index (χ1v) is 9.00. The number of ether oxygens (including phenoxy) is 1. The Morgan fingerprint density at radius 2 is 1.81 bits per heavy atom. The minimum atomic E-state index is -0.506. The second-order valence-corrected chi connectivity index (χ2v) is 6.47. The molecule has 1 saturated heterocycles. The van der Waals surface area contributed by atoms with E-state index in [1.807, 2.05) is 44.2 Å². The maximum absolute atomic E-state index is 12.8. The summed E-state index contributed by atoms with van der Waals surface area (Å²) in [6.07, 6.45) is 1.10. The summed E-state index contributed by atoms with van der Waals surface area (Å²) in [4.78, 5) is 26.4. The Morgan fingerprint density at radius 1 is 1.12 bits per heavy atom. The summed E-state index contributed by atoms with van der Waals surface area (Å²) in [7, 11) is 0. The Labute approximate surface area is 154 Å². The molecule has 0 spiro atoms. The van der Waals surface area contributed by atoms with Gasteiger partial charge < -0.3 is 4.74 Å². The van der Waals surface area contributed by atoms with Crippen LogP contribution >= 0.6 is 0 Å². The number of nitrogens with one attached hydrogen (secondary N) is 1. The lowest BCUT2D eigenvalue weighted by Crippen LogP contribution is -2.39. The van der Waals surface area contributed by atoms with E-state index in [-0.39, 0.29) is 24.3 Å². The highest BCUT2D eigenvalue weighted by molar-refractivity contribution is 6.22. The molecule has 0 unspecified atom stereocenters. The van der Waals surface area contributed by atoms with Gasteiger partial charge in [0.25, 0.3) is 5.91 Å². The summed E-state index contributed by atoms with van der Waals surface area (Å²) in [5.41, 5.74) is 1.67. The molecule has 2 aromatic rings. The van der Waals surface area contributed by atoms with Gasteiger partial charge in [-0.2, -0.15) is 0 Å². The number of hydrogen-bond donors (Lipinski definition) is 1. The van der Waals surface area contributed by atoms with Gasteiger partial charge in [0.05, 0.1) is 24.8 Å². The van der Waals surface area contributed by atoms with Crippen molar-refractivity contribution in [1.29, 1.82) is 0 Å². The van der Waals surface area contributed by atoms with Crippen molar-refractivity contribution >= 4 is 17.5 Å². The normalized spacial score (nSPS) is 18.2. The minimum Gasteiger partial charge on any atom is -0.494 e. The number of rotatable bonds is 7. The van der Waals surface area contributed by atoms with E-state index in [4.69, 9.17) is 4.74 Å². The molecule has 1 heterocycles. The minimum absolute atomic E-state index is 0.0114. The van der Waals surface area contributed by atoms with Crippen molar-refractivity contribution in [2.24, 2.45) is 0 Å². The topological polar surface area (TPSA) is 58.6 Å². The van der Waals surface area contributed by atoms with Gasteiger partial charge in [-0.1, -0.05) is 37.3 Å². The smallest absolute Gasteiger partial charge is 0.251 e. The van der Waals surface area contributed by atoms with Crippen LogP contribution in [0.15, 0.2) is 54.6 Å². The molecule has 2 aromatic carbocycles. The summed E-state index contributed by atoms with van der Waals surface area (Å²) in [6, 6.07) is 16.5. The van der Waals surface area contributed by atoms with E-state index in [1.165, 1.54) is 4.90 Å². The quantitative estimate of drug-likeness (QED) is 0.776. The van der Waals surface area contributed by atoms with Crippen LogP contribution in [0.3, 0.4) is 0 Å². The van der Waals surface area contributed by atoms with Crippen molar-refractivity contribution in [1.82, 2.24) is 5.32 Å². The van der Waals surface area contributed by atoms with Gasteiger partial charge in [-0.3, -0.25) is 14.9 Å². The van der Waals surface area contributed by atoms with Gasteiger partial charge in [-0.05, 0) is 43.2 Å². The molecule has 136 valence electrons. The molecular formula is C21H24N2O3. The Kier molecular flexibility index (Phi) is 5.68. The lowest BCUT2D eigenvalue weighted by molar-refractivity contribution is -0.121. The van der Waals surface area contributed by atoms with E-state index in [1.54, 1.807) is 24.3 Å². The largest absolute Gasteiger partial charge is 0.494 e. The maximum atomic E-state index is 12.8. The van der Waals surface area contributed by atoms with Crippen molar-refractivity contribution in [3.05, 3.63) is 60.2 Å². The van der Waals surface area contributed by atoms with E-state index in [0.29, 0.717) is 12.3 Å². The van der Waals surface area contributed by atoms with Crippen LogP contribution in [0.25, 0.3) is 0 Å². The second-order valence-electron chi connectivity index (χ2n) is 6.47. The summed E-state index contributed by atoms with van der Waals surface area (Å²) in [6.45, 7) is 4.68. The van der Waals surface area contributed by atoms with Crippen LogP contribution in [0.4, 0.5) is 5.69 Å². The van der Waals surface area contributed by atoms with Gasteiger partial charge in [-0.15, -0.1) is 0 Å². The zero-order valence-corrected chi connectivity index (χ0v) is 15.1. The molecule has 1 N–H and O–H groups in total. The Morgan fingerprint density at radius 3 is 2.46 bits per heavy atom. The molecular weight excluding hydrogens is 328 g/mol. The number of imide groups is 1. The van der Waals surface area contributed by atoms with Gasteiger partial charge in [0.2, 0.25) is 5.91 Å². The molecule has 2 amide bonds. The van der Waals surface area contributed by atoms with Crippen LogP contribution in [-0.4, -0.2) is 24.5 Å². The van der Waals surface area contributed by atoms with Crippen LogP contribution in [0.2, 0.25) is 0 Å². The summed E-state index contributed by atoms with van der Waals surface area (Å²) < 4.78 is 5.55. The number of nitrogens with zero attached hydrogens (tertiary/aromatic N) is 1. The lowest BCUT2D eigenvalue weighted by Gasteiger charge is -2.19. The average Bonchev–Trinajstić information content (AvgIpc) is 2.94. The number of hydrogen-bond acceptors (Lipinski definition) is 4. The third-order valence-electron chi connectivity index (χ3n) is 4.47. The highest BCUT2D eigenvalue weighted by Crippen LogP contribution is 2.26. The van der Waals surface area contributed by atoms with Gasteiger partial charge in [0.1, 0.15) is 5.75 Å². The first-order valence-electron chi connectivity index (χ1n) is 9.00. The number of anilines is 1. The molecule has 2 atom stereocenters. The van der Waals surface area contributed by atoms with Crippen LogP contribution in [0, 0.1) is 0 Å². The fourth-order valence-corrected chi connectivity index (χ4v) is 3.08. The van der Waals surface area contributed by atoms with Crippen LogP contribution in [0.5, 0.6) is 5.75 Å². The van der Waals surface area contributed by atoms with E-state index < -0.39 is 6.04 Å². The molecule has 26 heavy (non-hydrogen) atoms. The maximum Gasteiger partial charge on any atom is 0.251 e. The van der Waals surface area contributed by atoms with Gasteiger partial charge in [-0.25, -0.2) is 4.90 Å². The van der Waals surface area contributed by atoms with Gasteiger partial charge in [0, 0.05) is 6.04 Å². The van der Waals surface area contributed by atoms with Crippen LogP contribution in [0.1, 0.15) is 38.3 Å². The zero-order chi connectivity index (χ0) is 18.5. The van der Waals surface area contributed by atoms with Gasteiger partial charge in [0.15, 0.2) is 0 Å². The molecule has 5 heteroatoms. The highest BCUT2D eigenvalue weighted by Gasteiger charge is 2.40. The highest BCUT2D eigenvalue weighted by atomic mass is 16.5. The molecule has 3 rings (SSSR count). The second kappa shape index (κ2) is 8.15. The van der Waals surface area contributed by atoms with Crippen molar-refractivity contribution < 1.29 is 14.3 Å². The Bertz CT molecular complexity index is 759. The monoisotopic (exact) mass is 352 g/mol.